The van der Waals surface area contributed by atoms with Crippen LogP contribution in [0.5, 0.6) is 0 Å². The maximum atomic E-state index is 11.9. The largest absolute Gasteiger partial charge is 0.329 e. The molecule has 6 heteroatoms. The van der Waals surface area contributed by atoms with Gasteiger partial charge < -0.3 is 10.6 Å². The molecule has 0 aromatic carbocycles. The van der Waals surface area contributed by atoms with Crippen LogP contribution in [0, 0.1) is 13.8 Å². The zero-order valence-electron chi connectivity index (χ0n) is 11.1. The molecule has 2 N–H and O–H groups in total. The maximum absolute atomic E-state index is 11.9. The summed E-state index contributed by atoms with van der Waals surface area (Å²) < 4.78 is 0. The topological polar surface area (TPSA) is 66.9 Å². The quantitative estimate of drug-likeness (QED) is 0.905. The molecule has 0 aliphatic carbocycles. The molecule has 100 valence electrons. The van der Waals surface area contributed by atoms with Crippen LogP contribution in [0.3, 0.4) is 0 Å². The lowest BCUT2D eigenvalue weighted by Gasteiger charge is -2.13. The number of urea groups is 1. The van der Waals surface area contributed by atoms with Gasteiger partial charge >= 0.3 is 6.03 Å². The number of nitrogens with zero attached hydrogens (tertiary/aromatic N) is 2. The van der Waals surface area contributed by atoms with Crippen LogP contribution in [0.1, 0.15) is 28.4 Å². The average Bonchev–Trinajstić information content (AvgIpc) is 2.79. The lowest BCUT2D eigenvalue weighted by molar-refractivity contribution is 0.249. The van der Waals surface area contributed by atoms with Crippen molar-refractivity contribution in [3.8, 4) is 0 Å². The number of hydrogen-bond acceptors (Lipinski definition) is 4. The minimum atomic E-state index is -0.253. The van der Waals surface area contributed by atoms with Crippen molar-refractivity contribution in [2.45, 2.75) is 26.8 Å². The van der Waals surface area contributed by atoms with Gasteiger partial charge in [0.2, 0.25) is 0 Å². The zero-order valence-corrected chi connectivity index (χ0v) is 11.9. The Bertz CT molecular complexity index is 582. The Balaban J connectivity index is 1.96. The summed E-state index contributed by atoms with van der Waals surface area (Å²) in [6.45, 7) is 5.83. The molecular weight excluding hydrogens is 260 g/mol. The highest BCUT2D eigenvalue weighted by molar-refractivity contribution is 7.11. The standard InChI is InChI=1S/C13H16N4OS/c1-8-4-5-14-7-11(8)17-13(18)16-10(3)12-15-6-9(2)19-12/h4-7,10H,1-3H3,(H2,16,17,18)/t10-/m1/s1. The molecule has 2 rings (SSSR count). The van der Waals surface area contributed by atoms with Crippen molar-refractivity contribution < 1.29 is 4.79 Å². The van der Waals surface area contributed by atoms with Crippen molar-refractivity contribution in [2.24, 2.45) is 0 Å². The van der Waals surface area contributed by atoms with E-state index in [1.807, 2.05) is 26.8 Å². The average molecular weight is 276 g/mol. The fourth-order valence-electron chi connectivity index (χ4n) is 1.58. The van der Waals surface area contributed by atoms with Crippen molar-refractivity contribution in [2.75, 3.05) is 5.32 Å². The number of aromatic nitrogens is 2. The Morgan fingerprint density at radius 3 is 2.79 bits per heavy atom. The smallest absolute Gasteiger partial charge is 0.319 e. The van der Waals surface area contributed by atoms with Gasteiger partial charge in [0.05, 0.1) is 17.9 Å². The van der Waals surface area contributed by atoms with Crippen LogP contribution in [0.25, 0.3) is 0 Å². The first-order chi connectivity index (χ1) is 9.06. The summed E-state index contributed by atoms with van der Waals surface area (Å²) in [6.07, 6.45) is 5.13. The molecule has 0 fully saturated rings. The van der Waals surface area contributed by atoms with Gasteiger partial charge in [0.25, 0.3) is 0 Å². The molecule has 1 atom stereocenters. The van der Waals surface area contributed by atoms with Gasteiger partial charge in [-0.05, 0) is 32.4 Å². The molecule has 0 unspecified atom stereocenters. The van der Waals surface area contributed by atoms with Gasteiger partial charge in [0, 0.05) is 17.3 Å². The Labute approximate surface area is 116 Å². The van der Waals surface area contributed by atoms with Crippen molar-refractivity contribution in [1.82, 2.24) is 15.3 Å². The molecule has 0 saturated heterocycles. The maximum Gasteiger partial charge on any atom is 0.319 e. The summed E-state index contributed by atoms with van der Waals surface area (Å²) in [7, 11) is 0. The fraction of sp³-hybridized carbons (Fsp3) is 0.308. The van der Waals surface area contributed by atoms with Crippen LogP contribution in [-0.2, 0) is 0 Å². The minimum absolute atomic E-state index is 0.115. The van der Waals surface area contributed by atoms with Gasteiger partial charge in [0.1, 0.15) is 5.01 Å². The van der Waals surface area contributed by atoms with E-state index >= 15 is 0 Å². The number of nitrogens with one attached hydrogen (secondary N) is 2. The number of hydrogen-bond donors (Lipinski definition) is 2. The van der Waals surface area contributed by atoms with E-state index in [4.69, 9.17) is 0 Å². The number of thiazole rings is 1. The first kappa shape index (κ1) is 13.5. The van der Waals surface area contributed by atoms with Gasteiger partial charge in [-0.2, -0.15) is 0 Å². The van der Waals surface area contributed by atoms with Crippen LogP contribution < -0.4 is 10.6 Å². The lowest BCUT2D eigenvalue weighted by Crippen LogP contribution is -2.31. The summed E-state index contributed by atoms with van der Waals surface area (Å²) >= 11 is 1.58. The second-order valence-corrected chi connectivity index (χ2v) is 5.59. The molecule has 0 saturated carbocycles. The van der Waals surface area contributed by atoms with Gasteiger partial charge in [-0.15, -0.1) is 11.3 Å². The SMILES string of the molecule is Cc1cnc([C@@H](C)NC(=O)Nc2cnccc2C)s1. The predicted molar refractivity (Wildman–Crippen MR) is 76.4 cm³/mol. The highest BCUT2D eigenvalue weighted by Gasteiger charge is 2.13. The molecule has 19 heavy (non-hydrogen) atoms. The van der Waals surface area contributed by atoms with E-state index in [9.17, 15) is 4.79 Å². The molecule has 2 heterocycles. The molecular formula is C13H16N4OS. The third kappa shape index (κ3) is 3.51. The summed E-state index contributed by atoms with van der Waals surface area (Å²) in [6, 6.07) is 1.48. The first-order valence-corrected chi connectivity index (χ1v) is 6.78. The van der Waals surface area contributed by atoms with E-state index in [0.29, 0.717) is 5.69 Å². The number of aryl methyl sites for hydroxylation is 2. The Kier molecular flexibility index (Phi) is 4.11. The molecule has 0 aliphatic rings. The number of carbonyl (C=O) groups excluding carboxylic acids is 1. The molecule has 5 nitrogen and oxygen atoms in total. The summed E-state index contributed by atoms with van der Waals surface area (Å²) in [5.74, 6) is 0. The highest BCUT2D eigenvalue weighted by Crippen LogP contribution is 2.19. The fourth-order valence-corrected chi connectivity index (χ4v) is 2.36. The van der Waals surface area contributed by atoms with Gasteiger partial charge in [-0.3, -0.25) is 4.98 Å². The van der Waals surface area contributed by atoms with Crippen LogP contribution in [0.2, 0.25) is 0 Å². The van der Waals surface area contributed by atoms with Crippen molar-refractivity contribution in [3.63, 3.8) is 0 Å². The molecule has 2 amide bonds. The number of pyridine rings is 1. The van der Waals surface area contributed by atoms with E-state index in [0.717, 1.165) is 15.4 Å². The van der Waals surface area contributed by atoms with Gasteiger partial charge in [-0.1, -0.05) is 0 Å². The second kappa shape index (κ2) is 5.79. The normalized spacial score (nSPS) is 11.9. The monoisotopic (exact) mass is 276 g/mol. The number of rotatable bonds is 3. The zero-order chi connectivity index (χ0) is 13.8. The number of anilines is 1. The van der Waals surface area contributed by atoms with Crippen molar-refractivity contribution in [3.05, 3.63) is 40.1 Å². The third-order valence-corrected chi connectivity index (χ3v) is 3.74. The molecule has 0 aliphatic heterocycles. The van der Waals surface area contributed by atoms with Crippen LogP contribution in [-0.4, -0.2) is 16.0 Å². The van der Waals surface area contributed by atoms with E-state index in [2.05, 4.69) is 20.6 Å². The summed E-state index contributed by atoms with van der Waals surface area (Å²) in [5.41, 5.74) is 1.69. The molecule has 0 bridgehead atoms. The number of amides is 2. The van der Waals surface area contributed by atoms with E-state index in [-0.39, 0.29) is 12.1 Å². The van der Waals surface area contributed by atoms with E-state index < -0.39 is 0 Å². The molecule has 2 aromatic rings. The van der Waals surface area contributed by atoms with Crippen molar-refractivity contribution in [1.29, 1.82) is 0 Å². The van der Waals surface area contributed by atoms with Gasteiger partial charge in [0.15, 0.2) is 0 Å². The first-order valence-electron chi connectivity index (χ1n) is 5.96. The molecule has 2 aromatic heterocycles. The number of carbonyl (C=O) groups is 1. The second-order valence-electron chi connectivity index (χ2n) is 4.32. The van der Waals surface area contributed by atoms with E-state index in [1.165, 1.54) is 0 Å². The van der Waals surface area contributed by atoms with Crippen LogP contribution >= 0.6 is 11.3 Å². The van der Waals surface area contributed by atoms with E-state index in [1.54, 1.807) is 29.9 Å². The minimum Gasteiger partial charge on any atom is -0.329 e. The summed E-state index contributed by atoms with van der Waals surface area (Å²) in [5, 5.41) is 6.54. The molecule has 0 radical (unpaired) electrons. The van der Waals surface area contributed by atoms with Gasteiger partial charge in [-0.25, -0.2) is 9.78 Å². The Morgan fingerprint density at radius 1 is 1.37 bits per heavy atom. The van der Waals surface area contributed by atoms with Crippen LogP contribution in [0.15, 0.2) is 24.7 Å². The summed E-state index contributed by atoms with van der Waals surface area (Å²) in [4.78, 5) is 21.3. The van der Waals surface area contributed by atoms with Crippen molar-refractivity contribution >= 4 is 23.1 Å². The highest BCUT2D eigenvalue weighted by atomic mass is 32.1. The molecule has 0 spiro atoms. The third-order valence-electron chi connectivity index (χ3n) is 2.64. The predicted octanol–water partition coefficient (Wildman–Crippen LogP) is 3.04. The Hall–Kier alpha value is -1.95. The lowest BCUT2D eigenvalue weighted by atomic mass is 10.2. The van der Waals surface area contributed by atoms with Crippen LogP contribution in [0.4, 0.5) is 10.5 Å². The Morgan fingerprint density at radius 2 is 2.16 bits per heavy atom.